The number of carbonyl (C=O) groups is 1. The number of anilines is 1. The van der Waals surface area contributed by atoms with Gasteiger partial charge in [-0.25, -0.2) is 4.79 Å². The first-order valence-corrected chi connectivity index (χ1v) is 7.56. The summed E-state index contributed by atoms with van der Waals surface area (Å²) >= 11 is 32.0. The Bertz CT molecular complexity index is 479. The number of urea groups is 1. The van der Waals surface area contributed by atoms with Crippen LogP contribution in [0.15, 0.2) is 18.2 Å². The van der Waals surface area contributed by atoms with E-state index in [-0.39, 0.29) is 0 Å². The molecular formula is C10H8BrCl5N2O. The number of alkyl halides is 4. The number of benzene rings is 1. The lowest BCUT2D eigenvalue weighted by Gasteiger charge is -2.28. The van der Waals surface area contributed by atoms with Crippen molar-refractivity contribution in [2.75, 3.05) is 12.4 Å². The molecule has 106 valence electrons. The summed E-state index contributed by atoms with van der Waals surface area (Å²) in [6.07, 6.45) is 0. The molecule has 0 aromatic heterocycles. The molecule has 3 nitrogen and oxygen atoms in total. The second-order valence-electron chi connectivity index (χ2n) is 3.55. The van der Waals surface area contributed by atoms with Crippen molar-refractivity contribution >= 4 is 85.7 Å². The smallest absolute Gasteiger partial charge is 0.308 e. The van der Waals surface area contributed by atoms with Gasteiger partial charge >= 0.3 is 6.03 Å². The number of halogens is 6. The Kier molecular flexibility index (Phi) is 6.36. The van der Waals surface area contributed by atoms with Crippen molar-refractivity contribution in [3.8, 4) is 0 Å². The third-order valence-corrected chi connectivity index (χ3v) is 4.79. The third-order valence-electron chi connectivity index (χ3n) is 2.10. The Morgan fingerprint density at radius 3 is 2.42 bits per heavy atom. The van der Waals surface area contributed by atoms with E-state index in [2.05, 4.69) is 21.2 Å². The highest BCUT2D eigenvalue weighted by molar-refractivity contribution is 9.11. The molecule has 1 aromatic rings. The fourth-order valence-corrected chi connectivity index (χ4v) is 2.09. The Morgan fingerprint density at radius 1 is 1.37 bits per heavy atom. The zero-order valence-electron chi connectivity index (χ0n) is 9.43. The van der Waals surface area contributed by atoms with Gasteiger partial charge in [-0.15, -0.1) is 0 Å². The molecule has 9 heteroatoms. The third kappa shape index (κ3) is 5.03. The monoisotopic (exact) mass is 426 g/mol. The molecule has 19 heavy (non-hydrogen) atoms. The van der Waals surface area contributed by atoms with Crippen molar-refractivity contribution in [3.05, 3.63) is 28.2 Å². The quantitative estimate of drug-likeness (QED) is 0.496. The molecule has 0 radical (unpaired) electrons. The van der Waals surface area contributed by atoms with Crippen molar-refractivity contribution in [2.24, 2.45) is 0 Å². The molecule has 1 rings (SSSR count). The first kappa shape index (κ1) is 17.5. The van der Waals surface area contributed by atoms with Crippen LogP contribution in [0.3, 0.4) is 0 Å². The number of nitrogens with zero attached hydrogens (tertiary/aromatic N) is 1. The fraction of sp³-hybridized carbons (Fsp3) is 0.300. The lowest BCUT2D eigenvalue weighted by Crippen LogP contribution is -2.43. The van der Waals surface area contributed by atoms with Gasteiger partial charge < -0.3 is 10.2 Å². The van der Waals surface area contributed by atoms with Gasteiger partial charge in [0.2, 0.25) is 3.24 Å². The number of amides is 2. The summed E-state index contributed by atoms with van der Waals surface area (Å²) in [6, 6.07) is 4.19. The standard InChI is InChI=1S/C10H8BrCl5N2O/c1-18(8(14)10(11,15)16)9(19)17-5-2-3-6(12)7(13)4-5/h2-4,8H,1H3,(H,17,19). The molecule has 0 aliphatic carbocycles. The molecule has 1 N–H and O–H groups in total. The van der Waals surface area contributed by atoms with E-state index in [9.17, 15) is 4.79 Å². The Labute approximate surface area is 144 Å². The van der Waals surface area contributed by atoms with Gasteiger partial charge in [0, 0.05) is 12.7 Å². The van der Waals surface area contributed by atoms with E-state index < -0.39 is 14.8 Å². The van der Waals surface area contributed by atoms with E-state index >= 15 is 0 Å². The molecule has 1 aromatic carbocycles. The number of nitrogens with one attached hydrogen (secondary N) is 1. The highest BCUT2D eigenvalue weighted by Gasteiger charge is 2.35. The molecular weight excluding hydrogens is 421 g/mol. The van der Waals surface area contributed by atoms with Crippen LogP contribution in [0.25, 0.3) is 0 Å². The van der Waals surface area contributed by atoms with Crippen LogP contribution in [0.1, 0.15) is 0 Å². The van der Waals surface area contributed by atoms with Gasteiger partial charge in [-0.1, -0.05) is 58.0 Å². The Morgan fingerprint density at radius 2 is 1.95 bits per heavy atom. The highest BCUT2D eigenvalue weighted by atomic mass is 79.9. The first-order valence-electron chi connectivity index (χ1n) is 4.82. The maximum absolute atomic E-state index is 11.9. The van der Waals surface area contributed by atoms with Crippen molar-refractivity contribution in [1.29, 1.82) is 0 Å². The minimum atomic E-state index is -1.46. The van der Waals surface area contributed by atoms with Gasteiger partial charge in [-0.2, -0.15) is 0 Å². The minimum absolute atomic E-state index is 0.328. The van der Waals surface area contributed by atoms with E-state index in [1.54, 1.807) is 12.1 Å². The van der Waals surface area contributed by atoms with Gasteiger partial charge in [-0.3, -0.25) is 0 Å². The maximum atomic E-state index is 11.9. The van der Waals surface area contributed by atoms with Gasteiger partial charge in [-0.05, 0) is 34.1 Å². The number of carbonyl (C=O) groups excluding carboxylic acids is 1. The molecule has 0 saturated carbocycles. The summed E-state index contributed by atoms with van der Waals surface area (Å²) in [5, 5.41) is 3.30. The summed E-state index contributed by atoms with van der Waals surface area (Å²) in [6.45, 7) is 0. The summed E-state index contributed by atoms with van der Waals surface area (Å²) in [5.74, 6) is 0. The Balaban J connectivity index is 2.77. The molecule has 1 atom stereocenters. The molecule has 0 spiro atoms. The molecule has 0 fully saturated rings. The molecule has 2 amide bonds. The SMILES string of the molecule is CN(C(=O)Nc1ccc(Cl)c(Cl)c1)C(Cl)C(Cl)(Cl)Br. The van der Waals surface area contributed by atoms with Crippen LogP contribution in [0.2, 0.25) is 10.0 Å². The summed E-state index contributed by atoms with van der Waals surface area (Å²) in [5.41, 5.74) is -0.502. The van der Waals surface area contributed by atoms with E-state index in [1.165, 1.54) is 13.1 Å². The van der Waals surface area contributed by atoms with Gasteiger partial charge in [0.15, 0.2) is 5.50 Å². The summed E-state index contributed by atoms with van der Waals surface area (Å²) < 4.78 is -1.46. The lowest BCUT2D eigenvalue weighted by atomic mass is 10.3. The molecule has 0 bridgehead atoms. The van der Waals surface area contributed by atoms with Gasteiger partial charge in [0.05, 0.1) is 10.0 Å². The number of hydrogen-bond acceptors (Lipinski definition) is 1. The first-order chi connectivity index (χ1) is 8.62. The molecule has 0 aliphatic heterocycles. The van der Waals surface area contributed by atoms with E-state index in [0.717, 1.165) is 4.90 Å². The second kappa shape index (κ2) is 6.92. The average molecular weight is 429 g/mol. The zero-order chi connectivity index (χ0) is 14.8. The lowest BCUT2D eigenvalue weighted by molar-refractivity contribution is 0.219. The highest BCUT2D eigenvalue weighted by Crippen LogP contribution is 2.37. The largest absolute Gasteiger partial charge is 0.322 e. The van der Waals surface area contributed by atoms with E-state index in [4.69, 9.17) is 58.0 Å². The van der Waals surface area contributed by atoms with Crippen molar-refractivity contribution < 1.29 is 4.79 Å². The predicted molar refractivity (Wildman–Crippen MR) is 86.2 cm³/mol. The van der Waals surface area contributed by atoms with Gasteiger partial charge in [0.1, 0.15) is 0 Å². The van der Waals surface area contributed by atoms with Crippen LogP contribution in [0.4, 0.5) is 10.5 Å². The number of rotatable bonds is 3. The van der Waals surface area contributed by atoms with E-state index in [1.807, 2.05) is 0 Å². The van der Waals surface area contributed by atoms with Gasteiger partial charge in [0.25, 0.3) is 0 Å². The van der Waals surface area contributed by atoms with Crippen molar-refractivity contribution in [1.82, 2.24) is 4.90 Å². The average Bonchev–Trinajstić information content (AvgIpc) is 2.30. The van der Waals surface area contributed by atoms with Crippen LogP contribution < -0.4 is 5.32 Å². The zero-order valence-corrected chi connectivity index (χ0v) is 14.8. The molecule has 0 saturated heterocycles. The topological polar surface area (TPSA) is 32.3 Å². The predicted octanol–water partition coefficient (Wildman–Crippen LogP) is 5.55. The van der Waals surface area contributed by atoms with Crippen molar-refractivity contribution in [2.45, 2.75) is 8.74 Å². The summed E-state index contributed by atoms with van der Waals surface area (Å²) in [4.78, 5) is 13.1. The Hall–Kier alpha value is 0.420. The normalized spacial score (nSPS) is 13.0. The second-order valence-corrected chi connectivity index (χ2v) is 8.32. The molecule has 0 heterocycles. The molecule has 0 aliphatic rings. The van der Waals surface area contributed by atoms with Crippen molar-refractivity contribution in [3.63, 3.8) is 0 Å². The number of hydrogen-bond donors (Lipinski definition) is 1. The molecule has 1 unspecified atom stereocenters. The summed E-state index contributed by atoms with van der Waals surface area (Å²) in [7, 11) is 1.45. The maximum Gasteiger partial charge on any atom is 0.322 e. The van der Waals surface area contributed by atoms with Crippen LogP contribution >= 0.6 is 73.9 Å². The van der Waals surface area contributed by atoms with Crippen LogP contribution in [-0.2, 0) is 0 Å². The van der Waals surface area contributed by atoms with E-state index in [0.29, 0.717) is 15.7 Å². The van der Waals surface area contributed by atoms with Crippen LogP contribution in [-0.4, -0.2) is 26.7 Å². The van der Waals surface area contributed by atoms with Crippen LogP contribution in [0, 0.1) is 0 Å². The fourth-order valence-electron chi connectivity index (χ4n) is 1.11. The van der Waals surface area contributed by atoms with Crippen LogP contribution in [0.5, 0.6) is 0 Å². The minimum Gasteiger partial charge on any atom is -0.308 e.